The second kappa shape index (κ2) is 37.6. The normalized spacial score (nSPS) is 14.6. The largest absolute Gasteiger partial charge is 0.756 e. The highest BCUT2D eigenvalue weighted by Gasteiger charge is 2.23. The predicted molar refractivity (Wildman–Crippen MR) is 228 cm³/mol. The number of carbonyl (C=O) groups is 1. The third-order valence-electron chi connectivity index (χ3n) is 10.2. The molecule has 0 saturated carbocycles. The summed E-state index contributed by atoms with van der Waals surface area (Å²) in [5.41, 5.74) is 0. The zero-order valence-electron chi connectivity index (χ0n) is 36.2. The highest BCUT2D eigenvalue weighted by Crippen LogP contribution is 2.38. The number of allylic oxidation sites excluding steroid dienone is 3. The fourth-order valence-electron chi connectivity index (χ4n) is 6.52. The van der Waals surface area contributed by atoms with Gasteiger partial charge in [0.1, 0.15) is 13.2 Å². The van der Waals surface area contributed by atoms with Crippen LogP contribution in [0.25, 0.3) is 0 Å². The molecule has 0 aromatic heterocycles. The molecule has 0 aromatic rings. The molecule has 54 heavy (non-hydrogen) atoms. The molecule has 3 unspecified atom stereocenters. The molecule has 0 aromatic carbocycles. The molecule has 0 aliphatic rings. The molecule has 0 saturated heterocycles. The van der Waals surface area contributed by atoms with Crippen molar-refractivity contribution in [1.82, 2.24) is 5.32 Å². The summed E-state index contributed by atoms with van der Waals surface area (Å²) in [5.74, 6) is -0.206. The topological polar surface area (TPSA) is 108 Å². The van der Waals surface area contributed by atoms with Gasteiger partial charge in [-0.3, -0.25) is 9.36 Å². The van der Waals surface area contributed by atoms with E-state index in [0.29, 0.717) is 17.4 Å². The summed E-state index contributed by atoms with van der Waals surface area (Å²) in [5, 5.41) is 13.8. The molecule has 1 amide bonds. The summed E-state index contributed by atoms with van der Waals surface area (Å²) in [6.07, 6.45) is 43.6. The first kappa shape index (κ1) is 53.0. The number of nitrogens with zero attached hydrogens (tertiary/aromatic N) is 1. The molecule has 0 aliphatic carbocycles. The van der Waals surface area contributed by atoms with Gasteiger partial charge in [0, 0.05) is 6.42 Å². The van der Waals surface area contributed by atoms with Crippen LogP contribution in [0, 0.1) is 0 Å². The van der Waals surface area contributed by atoms with Crippen molar-refractivity contribution in [2.24, 2.45) is 0 Å². The van der Waals surface area contributed by atoms with E-state index in [-0.39, 0.29) is 19.1 Å². The second-order valence-corrected chi connectivity index (χ2v) is 18.2. The number of rotatable bonds is 41. The minimum atomic E-state index is -4.59. The lowest BCUT2D eigenvalue weighted by molar-refractivity contribution is -0.870. The average Bonchev–Trinajstić information content (AvgIpc) is 3.12. The van der Waals surface area contributed by atoms with E-state index in [1.165, 1.54) is 148 Å². The minimum Gasteiger partial charge on any atom is -0.756 e. The van der Waals surface area contributed by atoms with E-state index >= 15 is 0 Å². The first-order chi connectivity index (χ1) is 26.0. The maximum atomic E-state index is 12.8. The summed E-state index contributed by atoms with van der Waals surface area (Å²) < 4.78 is 23.2. The van der Waals surface area contributed by atoms with Crippen LogP contribution in [0.5, 0.6) is 0 Å². The summed E-state index contributed by atoms with van der Waals surface area (Å²) in [7, 11) is 1.25. The van der Waals surface area contributed by atoms with Gasteiger partial charge in [0.05, 0.1) is 39.9 Å². The Kier molecular flexibility index (Phi) is 36.8. The highest BCUT2D eigenvalue weighted by atomic mass is 31.2. The lowest BCUT2D eigenvalue weighted by Crippen LogP contribution is -2.45. The van der Waals surface area contributed by atoms with Gasteiger partial charge in [-0.2, -0.15) is 0 Å². The summed E-state index contributed by atoms with van der Waals surface area (Å²) in [4.78, 5) is 25.3. The molecule has 0 radical (unpaired) electrons. The summed E-state index contributed by atoms with van der Waals surface area (Å²) >= 11 is 0. The Labute approximate surface area is 334 Å². The van der Waals surface area contributed by atoms with E-state index in [4.69, 9.17) is 9.05 Å². The van der Waals surface area contributed by atoms with Crippen molar-refractivity contribution in [3.8, 4) is 0 Å². The first-order valence-corrected chi connectivity index (χ1v) is 24.2. The number of unbranched alkanes of at least 4 members (excludes halogenated alkanes) is 26. The molecule has 0 heterocycles. The number of hydrogen-bond acceptors (Lipinski definition) is 6. The maximum Gasteiger partial charge on any atom is 0.268 e. The van der Waals surface area contributed by atoms with E-state index in [1.54, 1.807) is 6.08 Å². The van der Waals surface area contributed by atoms with E-state index in [9.17, 15) is 19.4 Å². The highest BCUT2D eigenvalue weighted by molar-refractivity contribution is 7.45. The van der Waals surface area contributed by atoms with Crippen LogP contribution in [0.2, 0.25) is 0 Å². The Morgan fingerprint density at radius 3 is 1.50 bits per heavy atom. The molecule has 0 fully saturated rings. The molecule has 3 atom stereocenters. The number of aliphatic hydroxyl groups is 1. The lowest BCUT2D eigenvalue weighted by Gasteiger charge is -2.29. The number of phosphoric acid groups is 1. The number of carbonyl (C=O) groups excluding carboxylic acids is 1. The van der Waals surface area contributed by atoms with E-state index in [1.807, 2.05) is 27.2 Å². The third-order valence-corrected chi connectivity index (χ3v) is 11.1. The Bertz CT molecular complexity index is 938. The van der Waals surface area contributed by atoms with Crippen LogP contribution in [-0.2, 0) is 18.4 Å². The predicted octanol–water partition coefficient (Wildman–Crippen LogP) is 11.9. The molecule has 8 nitrogen and oxygen atoms in total. The van der Waals surface area contributed by atoms with Gasteiger partial charge < -0.3 is 28.8 Å². The number of quaternary nitrogens is 1. The molecule has 0 aliphatic heterocycles. The Balaban J connectivity index is 4.44. The van der Waals surface area contributed by atoms with Gasteiger partial charge >= 0.3 is 0 Å². The van der Waals surface area contributed by atoms with E-state index in [0.717, 1.165) is 38.5 Å². The summed E-state index contributed by atoms with van der Waals surface area (Å²) in [6, 6.07) is -0.897. The quantitative estimate of drug-likeness (QED) is 0.0277. The van der Waals surface area contributed by atoms with Crippen molar-refractivity contribution in [3.05, 3.63) is 24.3 Å². The molecule has 0 rings (SSSR count). The van der Waals surface area contributed by atoms with Crippen LogP contribution in [0.4, 0.5) is 0 Å². The van der Waals surface area contributed by atoms with Crippen molar-refractivity contribution in [2.45, 2.75) is 219 Å². The van der Waals surface area contributed by atoms with Gasteiger partial charge in [-0.1, -0.05) is 192 Å². The summed E-state index contributed by atoms with van der Waals surface area (Å²) in [6.45, 7) is 4.63. The number of likely N-dealkylation sites (N-methyl/N-ethyl adjacent to an activating group) is 1. The van der Waals surface area contributed by atoms with E-state index in [2.05, 4.69) is 31.3 Å². The molecular formula is C45H89N2O6P. The number of phosphoric ester groups is 1. The van der Waals surface area contributed by atoms with Gasteiger partial charge in [0.25, 0.3) is 7.82 Å². The van der Waals surface area contributed by atoms with Gasteiger partial charge in [0.2, 0.25) is 5.91 Å². The molecule has 9 heteroatoms. The Morgan fingerprint density at radius 2 is 1.04 bits per heavy atom. The van der Waals surface area contributed by atoms with Gasteiger partial charge in [-0.15, -0.1) is 0 Å². The number of amides is 1. The van der Waals surface area contributed by atoms with Crippen LogP contribution in [-0.4, -0.2) is 68.5 Å². The third kappa shape index (κ3) is 39.2. The van der Waals surface area contributed by atoms with Crippen LogP contribution >= 0.6 is 7.82 Å². The number of hydrogen-bond donors (Lipinski definition) is 2. The SMILES string of the molecule is CCCCCCCCCCCC/C=C/CC/C=C/C(O)C(COP(=O)([O-])OCC[N+](C)(C)C)NC(=O)CCCCCCCCCCCCCCCCCC. The zero-order chi connectivity index (χ0) is 40.0. The number of aliphatic hydroxyl groups excluding tert-OH is 1. The maximum absolute atomic E-state index is 12.8. The molecule has 0 bridgehead atoms. The second-order valence-electron chi connectivity index (χ2n) is 16.8. The van der Waals surface area contributed by atoms with Crippen molar-refractivity contribution >= 4 is 13.7 Å². The molecule has 0 spiro atoms. The Hall–Kier alpha value is -1.02. The molecular weight excluding hydrogens is 695 g/mol. The first-order valence-electron chi connectivity index (χ1n) is 22.7. The zero-order valence-corrected chi connectivity index (χ0v) is 37.1. The van der Waals surface area contributed by atoms with Gasteiger partial charge in [0.15, 0.2) is 0 Å². The molecule has 2 N–H and O–H groups in total. The lowest BCUT2D eigenvalue weighted by atomic mass is 10.0. The van der Waals surface area contributed by atoms with Crippen molar-refractivity contribution < 1.29 is 32.9 Å². The Morgan fingerprint density at radius 1 is 0.630 bits per heavy atom. The van der Waals surface area contributed by atoms with Crippen LogP contribution in [0.15, 0.2) is 24.3 Å². The minimum absolute atomic E-state index is 0.00424. The van der Waals surface area contributed by atoms with Crippen molar-refractivity contribution in [2.75, 3.05) is 40.9 Å². The average molecular weight is 785 g/mol. The number of nitrogens with one attached hydrogen (secondary N) is 1. The monoisotopic (exact) mass is 785 g/mol. The van der Waals surface area contributed by atoms with Crippen LogP contribution in [0.1, 0.15) is 206 Å². The fourth-order valence-corrected chi connectivity index (χ4v) is 7.24. The molecule has 320 valence electrons. The van der Waals surface area contributed by atoms with Crippen LogP contribution in [0.3, 0.4) is 0 Å². The fraction of sp³-hybridized carbons (Fsp3) is 0.889. The standard InChI is InChI=1S/C45H89N2O6P/c1-6-8-10-12-14-16-18-20-22-24-26-28-30-32-34-36-38-44(48)43(42-53-54(50,51)52-41-40-47(3,4)5)46-45(49)39-37-35-33-31-29-27-25-23-21-19-17-15-13-11-9-7-2/h28,30,36,38,43-44,48H,6-27,29,31-35,37,39-42H2,1-5H3,(H-,46,49,50,51)/b30-28+,38-36+. The smallest absolute Gasteiger partial charge is 0.268 e. The van der Waals surface area contributed by atoms with Gasteiger partial charge in [-0.25, -0.2) is 0 Å². The van der Waals surface area contributed by atoms with Crippen molar-refractivity contribution in [3.63, 3.8) is 0 Å². The van der Waals surface area contributed by atoms with Crippen LogP contribution < -0.4 is 10.2 Å². The van der Waals surface area contributed by atoms with Crippen molar-refractivity contribution in [1.29, 1.82) is 0 Å². The van der Waals surface area contributed by atoms with Gasteiger partial charge in [-0.05, 0) is 32.1 Å². The van der Waals surface area contributed by atoms with E-state index < -0.39 is 20.0 Å².